The third-order valence-electron chi connectivity index (χ3n) is 5.54. The highest BCUT2D eigenvalue weighted by Gasteiger charge is 2.23. The van der Waals surface area contributed by atoms with E-state index in [0.717, 1.165) is 50.3 Å². The molecule has 0 saturated heterocycles. The van der Waals surface area contributed by atoms with E-state index in [9.17, 15) is 4.79 Å². The number of amides is 1. The van der Waals surface area contributed by atoms with Crippen molar-refractivity contribution in [3.8, 4) is 5.75 Å². The van der Waals surface area contributed by atoms with Crippen LogP contribution in [0, 0.1) is 0 Å². The third-order valence-corrected chi connectivity index (χ3v) is 5.54. The van der Waals surface area contributed by atoms with Crippen LogP contribution in [0.4, 0.5) is 0 Å². The SMILES string of the molecule is CC1=COc2ccccc2C(=O)N1CCCCN1CC=C(c2ccccn2)CC1. The Morgan fingerprint density at radius 2 is 1.90 bits per heavy atom. The molecule has 0 N–H and O–H groups in total. The molecular weight excluding hydrogens is 362 g/mol. The van der Waals surface area contributed by atoms with Crippen molar-refractivity contribution in [2.75, 3.05) is 26.2 Å². The summed E-state index contributed by atoms with van der Waals surface area (Å²) in [4.78, 5) is 21.7. The van der Waals surface area contributed by atoms with Gasteiger partial charge < -0.3 is 9.64 Å². The van der Waals surface area contributed by atoms with Gasteiger partial charge in [-0.15, -0.1) is 0 Å². The highest BCUT2D eigenvalue weighted by molar-refractivity contribution is 5.98. The van der Waals surface area contributed by atoms with E-state index in [1.807, 2.05) is 54.4 Å². The van der Waals surface area contributed by atoms with E-state index < -0.39 is 0 Å². The fourth-order valence-corrected chi connectivity index (χ4v) is 3.85. The Balaban J connectivity index is 1.27. The van der Waals surface area contributed by atoms with E-state index in [0.29, 0.717) is 17.9 Å². The van der Waals surface area contributed by atoms with Crippen LogP contribution in [-0.4, -0.2) is 46.9 Å². The maximum atomic E-state index is 12.9. The second-order valence-corrected chi connectivity index (χ2v) is 7.53. The second kappa shape index (κ2) is 9.05. The highest BCUT2D eigenvalue weighted by atomic mass is 16.5. The molecule has 0 spiro atoms. The Morgan fingerprint density at radius 3 is 2.69 bits per heavy atom. The smallest absolute Gasteiger partial charge is 0.261 e. The molecule has 4 rings (SSSR count). The minimum atomic E-state index is 0.0211. The summed E-state index contributed by atoms with van der Waals surface area (Å²) in [6, 6.07) is 13.5. The summed E-state index contributed by atoms with van der Waals surface area (Å²) in [6.45, 7) is 5.71. The summed E-state index contributed by atoms with van der Waals surface area (Å²) in [5, 5.41) is 0. The molecule has 150 valence electrons. The maximum Gasteiger partial charge on any atom is 0.261 e. The van der Waals surface area contributed by atoms with Gasteiger partial charge in [0.25, 0.3) is 5.91 Å². The van der Waals surface area contributed by atoms with E-state index in [-0.39, 0.29) is 5.91 Å². The van der Waals surface area contributed by atoms with Gasteiger partial charge in [0, 0.05) is 25.8 Å². The van der Waals surface area contributed by atoms with Gasteiger partial charge in [-0.3, -0.25) is 14.7 Å². The molecule has 1 amide bonds. The predicted octanol–water partition coefficient (Wildman–Crippen LogP) is 4.35. The number of hydrogen-bond acceptors (Lipinski definition) is 4. The molecule has 3 heterocycles. The van der Waals surface area contributed by atoms with Crippen LogP contribution in [-0.2, 0) is 0 Å². The van der Waals surface area contributed by atoms with Crippen LogP contribution < -0.4 is 4.74 Å². The second-order valence-electron chi connectivity index (χ2n) is 7.53. The Bertz CT molecular complexity index is 921. The average Bonchev–Trinajstić information content (AvgIpc) is 2.89. The van der Waals surface area contributed by atoms with E-state index in [1.54, 1.807) is 6.26 Å². The van der Waals surface area contributed by atoms with E-state index in [4.69, 9.17) is 4.74 Å². The molecule has 0 bridgehead atoms. The average molecular weight is 389 g/mol. The molecule has 0 fully saturated rings. The van der Waals surface area contributed by atoms with Gasteiger partial charge in [0.05, 0.1) is 17.0 Å². The molecule has 2 aromatic rings. The Morgan fingerprint density at radius 1 is 1.07 bits per heavy atom. The quantitative estimate of drug-likeness (QED) is 0.689. The summed E-state index contributed by atoms with van der Waals surface area (Å²) >= 11 is 0. The van der Waals surface area contributed by atoms with Crippen LogP contribution in [0.2, 0.25) is 0 Å². The molecule has 2 aliphatic heterocycles. The van der Waals surface area contributed by atoms with Crippen LogP contribution >= 0.6 is 0 Å². The monoisotopic (exact) mass is 389 g/mol. The van der Waals surface area contributed by atoms with Crippen LogP contribution in [0.1, 0.15) is 42.2 Å². The first-order chi connectivity index (χ1) is 14.2. The van der Waals surface area contributed by atoms with Gasteiger partial charge in [-0.25, -0.2) is 0 Å². The van der Waals surface area contributed by atoms with Crippen molar-refractivity contribution in [3.05, 3.63) is 78.0 Å². The zero-order valence-corrected chi connectivity index (χ0v) is 16.9. The van der Waals surface area contributed by atoms with E-state index >= 15 is 0 Å². The van der Waals surface area contributed by atoms with Crippen LogP contribution in [0.5, 0.6) is 5.75 Å². The van der Waals surface area contributed by atoms with Crippen molar-refractivity contribution in [1.82, 2.24) is 14.8 Å². The molecule has 0 aliphatic carbocycles. The molecule has 0 saturated carbocycles. The zero-order valence-electron chi connectivity index (χ0n) is 16.9. The van der Waals surface area contributed by atoms with E-state index in [1.165, 1.54) is 5.57 Å². The first-order valence-corrected chi connectivity index (χ1v) is 10.3. The molecule has 5 nitrogen and oxygen atoms in total. The van der Waals surface area contributed by atoms with Crippen molar-refractivity contribution in [1.29, 1.82) is 0 Å². The molecule has 2 aliphatic rings. The number of unbranched alkanes of at least 4 members (excludes halogenated alkanes) is 1. The minimum Gasteiger partial charge on any atom is -0.462 e. The molecule has 29 heavy (non-hydrogen) atoms. The Hall–Kier alpha value is -2.92. The van der Waals surface area contributed by atoms with Crippen molar-refractivity contribution < 1.29 is 9.53 Å². The fraction of sp³-hybridized carbons (Fsp3) is 0.333. The standard InChI is InChI=1S/C24H27N3O2/c1-19-18-29-23-10-3-2-8-21(23)24(28)27(19)15-7-6-14-26-16-11-20(12-17-26)22-9-4-5-13-25-22/h2-5,8-11,13,18H,6-7,12,14-17H2,1H3. The van der Waals surface area contributed by atoms with Crippen molar-refractivity contribution in [3.63, 3.8) is 0 Å². The number of hydrogen-bond donors (Lipinski definition) is 0. The van der Waals surface area contributed by atoms with Gasteiger partial charge in [-0.1, -0.05) is 24.3 Å². The normalized spacial score (nSPS) is 17.1. The number of ether oxygens (including phenoxy) is 1. The molecule has 0 atom stereocenters. The van der Waals surface area contributed by atoms with Gasteiger partial charge in [-0.2, -0.15) is 0 Å². The number of pyridine rings is 1. The number of fused-ring (bicyclic) bond motifs is 1. The van der Waals surface area contributed by atoms with E-state index in [2.05, 4.69) is 22.0 Å². The lowest BCUT2D eigenvalue weighted by Gasteiger charge is -2.27. The van der Waals surface area contributed by atoms with Crippen molar-refractivity contribution in [2.45, 2.75) is 26.2 Å². The van der Waals surface area contributed by atoms with Gasteiger partial charge in [0.1, 0.15) is 12.0 Å². The third kappa shape index (κ3) is 4.57. The maximum absolute atomic E-state index is 12.9. The number of nitrogens with zero attached hydrogens (tertiary/aromatic N) is 3. The number of aromatic nitrogens is 1. The number of para-hydroxylation sites is 1. The number of rotatable bonds is 6. The highest BCUT2D eigenvalue weighted by Crippen LogP contribution is 2.26. The molecule has 1 aromatic carbocycles. The number of benzene rings is 1. The summed E-state index contributed by atoms with van der Waals surface area (Å²) in [5.41, 5.74) is 3.92. The molecule has 0 unspecified atom stereocenters. The minimum absolute atomic E-state index is 0.0211. The van der Waals surface area contributed by atoms with Crippen LogP contribution in [0.3, 0.4) is 0 Å². The molecule has 0 radical (unpaired) electrons. The zero-order chi connectivity index (χ0) is 20.1. The lowest BCUT2D eigenvalue weighted by molar-refractivity contribution is 0.0804. The molecule has 1 aromatic heterocycles. The topological polar surface area (TPSA) is 45.7 Å². The Labute approximate surface area is 172 Å². The first-order valence-electron chi connectivity index (χ1n) is 10.3. The van der Waals surface area contributed by atoms with Crippen molar-refractivity contribution >= 4 is 11.5 Å². The largest absolute Gasteiger partial charge is 0.462 e. The van der Waals surface area contributed by atoms with Crippen LogP contribution in [0.15, 0.2) is 66.7 Å². The lowest BCUT2D eigenvalue weighted by atomic mass is 10.0. The van der Waals surface area contributed by atoms with Crippen molar-refractivity contribution in [2.24, 2.45) is 0 Å². The molecule has 5 heteroatoms. The van der Waals surface area contributed by atoms with Gasteiger partial charge in [0.2, 0.25) is 0 Å². The summed E-state index contributed by atoms with van der Waals surface area (Å²) in [6.07, 6.45) is 8.90. The number of carbonyl (C=O) groups is 1. The number of carbonyl (C=O) groups excluding carboxylic acids is 1. The summed E-state index contributed by atoms with van der Waals surface area (Å²) in [7, 11) is 0. The van der Waals surface area contributed by atoms with Gasteiger partial charge >= 0.3 is 0 Å². The first kappa shape index (κ1) is 19.4. The number of allylic oxidation sites excluding steroid dienone is 1. The van der Waals surface area contributed by atoms with Gasteiger partial charge in [-0.05, 0) is 62.6 Å². The fourth-order valence-electron chi connectivity index (χ4n) is 3.85. The summed E-state index contributed by atoms with van der Waals surface area (Å²) < 4.78 is 5.67. The molecular formula is C24H27N3O2. The Kier molecular flexibility index (Phi) is 6.06. The lowest BCUT2D eigenvalue weighted by Crippen LogP contribution is -2.32. The predicted molar refractivity (Wildman–Crippen MR) is 114 cm³/mol. The van der Waals surface area contributed by atoms with Gasteiger partial charge in [0.15, 0.2) is 0 Å². The van der Waals surface area contributed by atoms with Crippen LogP contribution in [0.25, 0.3) is 5.57 Å². The summed E-state index contributed by atoms with van der Waals surface area (Å²) in [5.74, 6) is 0.649.